The lowest BCUT2D eigenvalue weighted by atomic mass is 10.2. The van der Waals surface area contributed by atoms with Gasteiger partial charge in [-0.3, -0.25) is 4.90 Å². The van der Waals surface area contributed by atoms with Crippen molar-refractivity contribution in [2.75, 3.05) is 42.7 Å². The Bertz CT molecular complexity index is 378. The van der Waals surface area contributed by atoms with E-state index in [0.717, 1.165) is 31.2 Å². The third-order valence-electron chi connectivity index (χ3n) is 3.46. The molecule has 1 saturated heterocycles. The fourth-order valence-electron chi connectivity index (χ4n) is 2.25. The molecular formula is C15H23ClN2S. The van der Waals surface area contributed by atoms with Gasteiger partial charge in [-0.15, -0.1) is 11.8 Å². The molecule has 106 valence electrons. The van der Waals surface area contributed by atoms with Gasteiger partial charge in [-0.05, 0) is 30.4 Å². The maximum atomic E-state index is 6.05. The Morgan fingerprint density at radius 2 is 2.00 bits per heavy atom. The third-order valence-corrected chi connectivity index (χ3v) is 4.82. The fourth-order valence-corrected chi connectivity index (χ4v) is 3.57. The van der Waals surface area contributed by atoms with Crippen LogP contribution in [-0.4, -0.2) is 42.7 Å². The minimum Gasteiger partial charge on any atom is -0.369 e. The first kappa shape index (κ1) is 15.0. The van der Waals surface area contributed by atoms with Crippen molar-refractivity contribution in [3.63, 3.8) is 0 Å². The highest BCUT2D eigenvalue weighted by atomic mass is 35.5. The topological polar surface area (TPSA) is 6.48 Å². The van der Waals surface area contributed by atoms with Gasteiger partial charge in [0.15, 0.2) is 0 Å². The Labute approximate surface area is 126 Å². The maximum Gasteiger partial charge on any atom is 0.0445 e. The summed E-state index contributed by atoms with van der Waals surface area (Å²) in [6.07, 6.45) is 2.64. The van der Waals surface area contributed by atoms with Crippen LogP contribution < -0.4 is 4.90 Å². The molecule has 0 radical (unpaired) electrons. The third kappa shape index (κ3) is 4.90. The Hall–Kier alpha value is -0.380. The molecule has 2 rings (SSSR count). The molecule has 19 heavy (non-hydrogen) atoms. The van der Waals surface area contributed by atoms with Crippen LogP contribution in [0.15, 0.2) is 24.3 Å². The van der Waals surface area contributed by atoms with Crippen molar-refractivity contribution in [2.45, 2.75) is 19.8 Å². The number of piperazine rings is 1. The summed E-state index contributed by atoms with van der Waals surface area (Å²) in [4.78, 5) is 4.99. The summed E-state index contributed by atoms with van der Waals surface area (Å²) < 4.78 is 0. The van der Waals surface area contributed by atoms with E-state index in [0.29, 0.717) is 0 Å². The van der Waals surface area contributed by atoms with Gasteiger partial charge in [-0.1, -0.05) is 31.0 Å². The van der Waals surface area contributed by atoms with E-state index >= 15 is 0 Å². The van der Waals surface area contributed by atoms with Crippen LogP contribution in [0.4, 0.5) is 5.69 Å². The summed E-state index contributed by atoms with van der Waals surface area (Å²) in [6.45, 7) is 6.78. The van der Waals surface area contributed by atoms with E-state index < -0.39 is 0 Å². The molecular weight excluding hydrogens is 276 g/mol. The van der Waals surface area contributed by atoms with Crippen LogP contribution >= 0.6 is 23.4 Å². The Morgan fingerprint density at radius 1 is 1.21 bits per heavy atom. The summed E-state index contributed by atoms with van der Waals surface area (Å²) in [5.41, 5.74) is 1.26. The van der Waals surface area contributed by atoms with Crippen molar-refractivity contribution in [1.29, 1.82) is 0 Å². The predicted molar refractivity (Wildman–Crippen MR) is 87.5 cm³/mol. The van der Waals surface area contributed by atoms with Crippen LogP contribution in [0.25, 0.3) is 0 Å². The van der Waals surface area contributed by atoms with E-state index in [2.05, 4.69) is 40.6 Å². The molecule has 4 heteroatoms. The van der Waals surface area contributed by atoms with E-state index in [1.165, 1.54) is 30.2 Å². The predicted octanol–water partition coefficient (Wildman–Crippen LogP) is 3.95. The number of benzene rings is 1. The van der Waals surface area contributed by atoms with Gasteiger partial charge in [0, 0.05) is 42.8 Å². The van der Waals surface area contributed by atoms with Crippen LogP contribution in [0.3, 0.4) is 0 Å². The van der Waals surface area contributed by atoms with E-state index in [-0.39, 0.29) is 0 Å². The van der Waals surface area contributed by atoms with Gasteiger partial charge in [0.25, 0.3) is 0 Å². The summed E-state index contributed by atoms with van der Waals surface area (Å²) in [5, 5.41) is 0.829. The van der Waals surface area contributed by atoms with Crippen molar-refractivity contribution >= 4 is 29.1 Å². The number of hydrogen-bond donors (Lipinski definition) is 0. The Balaban J connectivity index is 1.73. The van der Waals surface area contributed by atoms with Crippen LogP contribution in [0.5, 0.6) is 0 Å². The molecule has 1 aromatic carbocycles. The first-order valence-electron chi connectivity index (χ1n) is 7.10. The van der Waals surface area contributed by atoms with Crippen molar-refractivity contribution in [3.05, 3.63) is 29.3 Å². The van der Waals surface area contributed by atoms with Gasteiger partial charge < -0.3 is 4.90 Å². The molecule has 0 aliphatic carbocycles. The molecule has 1 fully saturated rings. The molecule has 1 aliphatic heterocycles. The second-order valence-electron chi connectivity index (χ2n) is 4.98. The highest BCUT2D eigenvalue weighted by molar-refractivity contribution is 7.99. The zero-order chi connectivity index (χ0) is 13.5. The van der Waals surface area contributed by atoms with E-state index in [1.54, 1.807) is 0 Å². The normalized spacial score (nSPS) is 16.8. The first-order valence-corrected chi connectivity index (χ1v) is 8.63. The molecule has 0 unspecified atom stereocenters. The smallest absolute Gasteiger partial charge is 0.0445 e. The molecule has 0 aromatic heterocycles. The van der Waals surface area contributed by atoms with Gasteiger partial charge in [0.1, 0.15) is 0 Å². The van der Waals surface area contributed by atoms with Gasteiger partial charge in [0.05, 0.1) is 0 Å². The Kier molecular flexibility index (Phi) is 6.35. The highest BCUT2D eigenvalue weighted by Gasteiger charge is 2.16. The molecule has 0 spiro atoms. The van der Waals surface area contributed by atoms with Crippen molar-refractivity contribution in [1.82, 2.24) is 4.90 Å². The van der Waals surface area contributed by atoms with Gasteiger partial charge >= 0.3 is 0 Å². The molecule has 0 bridgehead atoms. The van der Waals surface area contributed by atoms with Crippen molar-refractivity contribution in [3.8, 4) is 0 Å². The average molecular weight is 299 g/mol. The molecule has 1 aromatic rings. The van der Waals surface area contributed by atoms with Crippen molar-refractivity contribution in [2.24, 2.45) is 0 Å². The number of hydrogen-bond acceptors (Lipinski definition) is 3. The number of thioether (sulfide) groups is 1. The van der Waals surface area contributed by atoms with Gasteiger partial charge in [-0.25, -0.2) is 0 Å². The number of anilines is 1. The zero-order valence-electron chi connectivity index (χ0n) is 11.6. The standard InChI is InChI=1S/C15H23ClN2S/c1-2-3-11-19-13-17-7-9-18(10-8-17)15-6-4-5-14(16)12-15/h4-6,12H,2-3,7-11,13H2,1H3. The SMILES string of the molecule is CCCCSCN1CCN(c2cccc(Cl)c2)CC1. The van der Waals surface area contributed by atoms with Gasteiger partial charge in [0.2, 0.25) is 0 Å². The van der Waals surface area contributed by atoms with Crippen LogP contribution in [-0.2, 0) is 0 Å². The van der Waals surface area contributed by atoms with Crippen molar-refractivity contribution < 1.29 is 0 Å². The summed E-state index contributed by atoms with van der Waals surface area (Å²) in [7, 11) is 0. The molecule has 2 nitrogen and oxygen atoms in total. The molecule has 0 N–H and O–H groups in total. The average Bonchev–Trinajstić information content (AvgIpc) is 2.44. The maximum absolute atomic E-state index is 6.05. The fraction of sp³-hybridized carbons (Fsp3) is 0.600. The minimum absolute atomic E-state index is 0.829. The summed E-state index contributed by atoms with van der Waals surface area (Å²) >= 11 is 8.12. The highest BCUT2D eigenvalue weighted by Crippen LogP contribution is 2.21. The second kappa shape index (κ2) is 8.03. The molecule has 0 saturated carbocycles. The molecule has 1 heterocycles. The number of unbranched alkanes of at least 4 members (excludes halogenated alkanes) is 1. The Morgan fingerprint density at radius 3 is 2.68 bits per heavy atom. The van der Waals surface area contributed by atoms with E-state index in [9.17, 15) is 0 Å². The molecule has 1 aliphatic rings. The van der Waals surface area contributed by atoms with Crippen LogP contribution in [0.1, 0.15) is 19.8 Å². The lowest BCUT2D eigenvalue weighted by Crippen LogP contribution is -2.46. The zero-order valence-corrected chi connectivity index (χ0v) is 13.2. The van der Waals surface area contributed by atoms with E-state index in [1.807, 2.05) is 12.1 Å². The quantitative estimate of drug-likeness (QED) is 0.734. The number of halogens is 1. The molecule has 0 amide bonds. The number of rotatable bonds is 6. The monoisotopic (exact) mass is 298 g/mol. The summed E-state index contributed by atoms with van der Waals surface area (Å²) in [5.74, 6) is 2.48. The lowest BCUT2D eigenvalue weighted by Gasteiger charge is -2.36. The van der Waals surface area contributed by atoms with Crippen LogP contribution in [0, 0.1) is 0 Å². The minimum atomic E-state index is 0.829. The largest absolute Gasteiger partial charge is 0.369 e. The first-order chi connectivity index (χ1) is 9.29. The number of nitrogens with zero attached hydrogens (tertiary/aromatic N) is 2. The second-order valence-corrected chi connectivity index (χ2v) is 6.49. The molecule has 0 atom stereocenters. The van der Waals surface area contributed by atoms with Gasteiger partial charge in [-0.2, -0.15) is 0 Å². The van der Waals surface area contributed by atoms with E-state index in [4.69, 9.17) is 11.6 Å². The van der Waals surface area contributed by atoms with Crippen LogP contribution in [0.2, 0.25) is 5.02 Å². The lowest BCUT2D eigenvalue weighted by molar-refractivity contribution is 0.301. The summed E-state index contributed by atoms with van der Waals surface area (Å²) in [6, 6.07) is 8.18.